The van der Waals surface area contributed by atoms with Gasteiger partial charge in [-0.3, -0.25) is 4.68 Å². The maximum Gasteiger partial charge on any atom is 0.163 e. The lowest BCUT2D eigenvalue weighted by Crippen LogP contribution is -2.39. The molecule has 0 spiro atoms. The van der Waals surface area contributed by atoms with Crippen LogP contribution >= 0.6 is 0 Å². The van der Waals surface area contributed by atoms with Crippen LogP contribution in [-0.2, 0) is 7.05 Å². The fraction of sp³-hybridized carbons (Fsp3) is 0.722. The molecule has 2 atom stereocenters. The Kier molecular flexibility index (Phi) is 3.47. The highest BCUT2D eigenvalue weighted by Gasteiger charge is 2.37. The first-order chi connectivity index (χ1) is 11.8. The van der Waals surface area contributed by atoms with Gasteiger partial charge in [0, 0.05) is 31.6 Å². The average molecular weight is 326 g/mol. The normalized spacial score (nSPS) is 28.0. The van der Waals surface area contributed by atoms with Crippen molar-refractivity contribution in [2.24, 2.45) is 7.05 Å². The maximum atomic E-state index is 5.14. The Morgan fingerprint density at radius 1 is 1.04 bits per heavy atom. The Morgan fingerprint density at radius 3 is 2.75 bits per heavy atom. The van der Waals surface area contributed by atoms with E-state index in [-0.39, 0.29) is 0 Å². The predicted molar refractivity (Wildman–Crippen MR) is 94.3 cm³/mol. The van der Waals surface area contributed by atoms with Gasteiger partial charge in [0.15, 0.2) is 5.65 Å². The van der Waals surface area contributed by atoms with Crippen LogP contribution < -0.4 is 10.2 Å². The summed E-state index contributed by atoms with van der Waals surface area (Å²) >= 11 is 0. The summed E-state index contributed by atoms with van der Waals surface area (Å²) in [5.41, 5.74) is 0.999. The Balaban J connectivity index is 1.66. The monoisotopic (exact) mass is 326 g/mol. The Hall–Kier alpha value is -1.69. The van der Waals surface area contributed by atoms with Crippen LogP contribution in [0.2, 0.25) is 0 Å². The van der Waals surface area contributed by atoms with Crippen molar-refractivity contribution in [2.45, 2.75) is 62.9 Å². The second-order valence-electron chi connectivity index (χ2n) is 7.68. The largest absolute Gasteiger partial charge is 0.349 e. The molecule has 3 fully saturated rings. The van der Waals surface area contributed by atoms with E-state index in [4.69, 9.17) is 9.97 Å². The van der Waals surface area contributed by atoms with Crippen molar-refractivity contribution in [3.8, 4) is 0 Å². The first kappa shape index (κ1) is 14.6. The van der Waals surface area contributed by atoms with E-state index in [0.29, 0.717) is 18.0 Å². The summed E-state index contributed by atoms with van der Waals surface area (Å²) in [5.74, 6) is 2.73. The van der Waals surface area contributed by atoms with E-state index in [1.165, 1.54) is 44.9 Å². The van der Waals surface area contributed by atoms with Crippen LogP contribution in [0.5, 0.6) is 0 Å². The molecule has 6 nitrogen and oxygen atoms in total. The minimum Gasteiger partial charge on any atom is -0.349 e. The molecule has 0 aromatic carbocycles. The third kappa shape index (κ3) is 2.23. The molecule has 2 aromatic rings. The molecule has 2 aromatic heterocycles. The molecule has 1 saturated carbocycles. The van der Waals surface area contributed by atoms with Gasteiger partial charge in [-0.2, -0.15) is 5.10 Å². The zero-order valence-corrected chi connectivity index (χ0v) is 14.4. The lowest BCUT2D eigenvalue weighted by atomic mass is 10.1. The summed E-state index contributed by atoms with van der Waals surface area (Å²) < 4.78 is 1.91. The number of nitrogens with one attached hydrogen (secondary N) is 1. The average Bonchev–Trinajstić information content (AvgIpc) is 3.27. The predicted octanol–water partition coefficient (Wildman–Crippen LogP) is 2.35. The summed E-state index contributed by atoms with van der Waals surface area (Å²) in [6, 6.07) is 1.17. The number of hydrogen-bond donors (Lipinski definition) is 1. The van der Waals surface area contributed by atoms with Gasteiger partial charge in [-0.05, 0) is 38.6 Å². The molecule has 2 saturated heterocycles. The second kappa shape index (κ2) is 5.69. The summed E-state index contributed by atoms with van der Waals surface area (Å²) in [6.45, 7) is 2.19. The van der Waals surface area contributed by atoms with E-state index in [9.17, 15) is 0 Å². The number of fused-ring (bicyclic) bond motifs is 3. The maximum absolute atomic E-state index is 5.14. The number of aryl methyl sites for hydroxylation is 1. The highest BCUT2D eigenvalue weighted by Crippen LogP contribution is 2.38. The highest BCUT2D eigenvalue weighted by atomic mass is 15.3. The van der Waals surface area contributed by atoms with Crippen molar-refractivity contribution in [3.63, 3.8) is 0 Å². The zero-order valence-electron chi connectivity index (χ0n) is 14.4. The molecule has 24 heavy (non-hydrogen) atoms. The molecule has 1 aliphatic carbocycles. The van der Waals surface area contributed by atoms with Gasteiger partial charge in [-0.15, -0.1) is 0 Å². The molecule has 0 amide bonds. The Morgan fingerprint density at radius 2 is 1.88 bits per heavy atom. The number of hydrogen-bond acceptors (Lipinski definition) is 5. The standard InChI is InChI=1S/C18H26N6/c1-23-17-15(11-20-23)18(22-16(21-17)12-4-2-3-5-12)24-13-6-7-14(24)10-19-9-8-13/h11-14,19H,2-10H2,1H3/t13-,14+/m0/s1. The third-order valence-corrected chi connectivity index (χ3v) is 6.21. The molecule has 2 bridgehead atoms. The molecule has 1 N–H and O–H groups in total. The topological polar surface area (TPSA) is 58.9 Å². The van der Waals surface area contributed by atoms with E-state index < -0.39 is 0 Å². The van der Waals surface area contributed by atoms with Crippen molar-refractivity contribution in [2.75, 3.05) is 18.0 Å². The van der Waals surface area contributed by atoms with Gasteiger partial charge in [0.25, 0.3) is 0 Å². The minimum atomic E-state index is 0.533. The zero-order chi connectivity index (χ0) is 16.1. The molecule has 4 heterocycles. The van der Waals surface area contributed by atoms with Gasteiger partial charge >= 0.3 is 0 Å². The molecule has 0 unspecified atom stereocenters. The van der Waals surface area contributed by atoms with Crippen molar-refractivity contribution < 1.29 is 0 Å². The van der Waals surface area contributed by atoms with E-state index in [1.807, 2.05) is 17.9 Å². The van der Waals surface area contributed by atoms with Crippen molar-refractivity contribution in [1.29, 1.82) is 0 Å². The van der Waals surface area contributed by atoms with Gasteiger partial charge in [0.2, 0.25) is 0 Å². The minimum absolute atomic E-state index is 0.533. The number of nitrogens with zero attached hydrogens (tertiary/aromatic N) is 5. The van der Waals surface area contributed by atoms with Crippen LogP contribution in [0.15, 0.2) is 6.20 Å². The number of anilines is 1. The summed E-state index contributed by atoms with van der Waals surface area (Å²) in [4.78, 5) is 12.7. The van der Waals surface area contributed by atoms with Gasteiger partial charge in [0.05, 0.1) is 11.6 Å². The first-order valence-electron chi connectivity index (χ1n) is 9.50. The smallest absolute Gasteiger partial charge is 0.163 e. The van der Waals surface area contributed by atoms with Crippen LogP contribution in [0.4, 0.5) is 5.82 Å². The van der Waals surface area contributed by atoms with Crippen molar-refractivity contribution >= 4 is 16.9 Å². The van der Waals surface area contributed by atoms with Crippen LogP contribution in [0.25, 0.3) is 11.0 Å². The fourth-order valence-electron chi connectivity index (χ4n) is 4.92. The summed E-state index contributed by atoms with van der Waals surface area (Å²) in [6.07, 6.45) is 10.8. The fourth-order valence-corrected chi connectivity index (χ4v) is 4.92. The van der Waals surface area contributed by atoms with E-state index in [2.05, 4.69) is 15.3 Å². The lowest BCUT2D eigenvalue weighted by molar-refractivity contribution is 0.567. The van der Waals surface area contributed by atoms with E-state index >= 15 is 0 Å². The summed E-state index contributed by atoms with van der Waals surface area (Å²) in [7, 11) is 2.00. The molecule has 6 heteroatoms. The molecule has 3 aliphatic rings. The van der Waals surface area contributed by atoms with Gasteiger partial charge in [-0.25, -0.2) is 9.97 Å². The van der Waals surface area contributed by atoms with Crippen molar-refractivity contribution in [3.05, 3.63) is 12.0 Å². The summed E-state index contributed by atoms with van der Waals surface area (Å²) in [5, 5.41) is 9.20. The molecular weight excluding hydrogens is 300 g/mol. The molecule has 0 radical (unpaired) electrons. The Bertz CT molecular complexity index is 733. The van der Waals surface area contributed by atoms with E-state index in [1.54, 1.807) is 0 Å². The number of rotatable bonds is 2. The highest BCUT2D eigenvalue weighted by molar-refractivity contribution is 5.87. The van der Waals surface area contributed by atoms with Gasteiger partial charge < -0.3 is 10.2 Å². The number of aromatic nitrogens is 4. The molecule has 128 valence electrons. The molecular formula is C18H26N6. The quantitative estimate of drug-likeness (QED) is 0.918. The second-order valence-corrected chi connectivity index (χ2v) is 7.68. The first-order valence-corrected chi connectivity index (χ1v) is 9.50. The third-order valence-electron chi connectivity index (χ3n) is 6.21. The Labute approximate surface area is 142 Å². The van der Waals surface area contributed by atoms with Gasteiger partial charge in [-0.1, -0.05) is 12.8 Å². The van der Waals surface area contributed by atoms with Crippen LogP contribution in [0, 0.1) is 0 Å². The van der Waals surface area contributed by atoms with Crippen LogP contribution in [0.1, 0.15) is 56.7 Å². The van der Waals surface area contributed by atoms with Gasteiger partial charge in [0.1, 0.15) is 11.6 Å². The molecule has 2 aliphatic heterocycles. The van der Waals surface area contributed by atoms with Crippen molar-refractivity contribution in [1.82, 2.24) is 25.1 Å². The van der Waals surface area contributed by atoms with Crippen LogP contribution in [-0.4, -0.2) is 44.9 Å². The lowest BCUT2D eigenvalue weighted by Gasteiger charge is -2.30. The van der Waals surface area contributed by atoms with E-state index in [0.717, 1.165) is 35.8 Å². The molecule has 5 rings (SSSR count). The van der Waals surface area contributed by atoms with Crippen LogP contribution in [0.3, 0.4) is 0 Å². The SMILES string of the molecule is Cn1ncc2c(N3[C@@H]4CCNC[C@H]3CC4)nc(C3CCCC3)nc21.